The average molecular weight is 489 g/mol. The number of amides is 1. The van der Waals surface area contributed by atoms with Crippen molar-refractivity contribution in [2.45, 2.75) is 52.4 Å². The van der Waals surface area contributed by atoms with Crippen molar-refractivity contribution in [2.75, 3.05) is 17.7 Å². The maximum Gasteiger partial charge on any atom is 0.341 e. The van der Waals surface area contributed by atoms with Crippen molar-refractivity contribution in [3.8, 4) is 5.75 Å². The first-order valence-electron chi connectivity index (χ1n) is 10.7. The molecule has 1 aromatic carbocycles. The molecule has 1 N–H and O–H groups in total. The number of nitrogens with zero attached hydrogens (tertiary/aromatic N) is 3. The highest BCUT2D eigenvalue weighted by molar-refractivity contribution is 7.99. The van der Waals surface area contributed by atoms with Gasteiger partial charge in [-0.2, -0.15) is 0 Å². The zero-order valence-corrected chi connectivity index (χ0v) is 21.0. The zero-order valence-electron chi connectivity index (χ0n) is 19.4. The lowest BCUT2D eigenvalue weighted by molar-refractivity contribution is -0.113. The maximum atomic E-state index is 12.6. The highest BCUT2D eigenvalue weighted by Gasteiger charge is 2.21. The fourth-order valence-corrected chi connectivity index (χ4v) is 4.94. The van der Waals surface area contributed by atoms with Crippen molar-refractivity contribution in [3.05, 3.63) is 52.2 Å². The fraction of sp³-hybridized carbons (Fsp3) is 0.391. The van der Waals surface area contributed by atoms with E-state index >= 15 is 0 Å². The highest BCUT2D eigenvalue weighted by atomic mass is 32.2. The molecule has 10 heteroatoms. The van der Waals surface area contributed by atoms with E-state index in [9.17, 15) is 9.59 Å². The van der Waals surface area contributed by atoms with Crippen molar-refractivity contribution in [2.24, 2.45) is 0 Å². The first-order valence-corrected chi connectivity index (χ1v) is 12.5. The van der Waals surface area contributed by atoms with E-state index in [2.05, 4.69) is 15.5 Å². The summed E-state index contributed by atoms with van der Waals surface area (Å²) in [5, 5.41) is 12.5. The van der Waals surface area contributed by atoms with E-state index in [0.717, 1.165) is 16.2 Å². The molecule has 3 aromatic rings. The molecular formula is C23H28N4O4S2. The van der Waals surface area contributed by atoms with Crippen molar-refractivity contribution in [1.29, 1.82) is 0 Å². The first kappa shape index (κ1) is 24.8. The number of ether oxygens (including phenoxy) is 2. The van der Waals surface area contributed by atoms with Gasteiger partial charge in [0.1, 0.15) is 10.8 Å². The summed E-state index contributed by atoms with van der Waals surface area (Å²) in [6, 6.07) is 9.57. The molecule has 0 spiro atoms. The van der Waals surface area contributed by atoms with Gasteiger partial charge in [-0.15, -0.1) is 21.5 Å². The third-order valence-electron chi connectivity index (χ3n) is 4.66. The predicted octanol–water partition coefficient (Wildman–Crippen LogP) is 5.02. The Labute approximate surface area is 201 Å². The van der Waals surface area contributed by atoms with E-state index in [1.165, 1.54) is 23.1 Å². The number of benzene rings is 1. The van der Waals surface area contributed by atoms with Gasteiger partial charge in [0.25, 0.3) is 0 Å². The number of esters is 1. The molecule has 0 radical (unpaired) electrons. The molecule has 176 valence electrons. The molecule has 0 aliphatic heterocycles. The van der Waals surface area contributed by atoms with Crippen LogP contribution in [0.1, 0.15) is 53.5 Å². The first-order chi connectivity index (χ1) is 15.8. The Kier molecular flexibility index (Phi) is 8.51. The molecule has 1 amide bonds. The molecular weight excluding hydrogens is 460 g/mol. The van der Waals surface area contributed by atoms with Gasteiger partial charge in [-0.05, 0) is 58.4 Å². The number of aryl methyl sites for hydroxylation is 2. The number of hydrogen-bond donors (Lipinski definition) is 1. The van der Waals surface area contributed by atoms with Gasteiger partial charge in [0, 0.05) is 11.4 Å². The molecule has 1 atom stereocenters. The highest BCUT2D eigenvalue weighted by Crippen LogP contribution is 2.29. The molecule has 2 aromatic heterocycles. The lowest BCUT2D eigenvalue weighted by Gasteiger charge is -2.16. The van der Waals surface area contributed by atoms with Crippen LogP contribution >= 0.6 is 23.1 Å². The number of aromatic nitrogens is 3. The second-order valence-electron chi connectivity index (χ2n) is 7.32. The molecule has 0 saturated heterocycles. The normalized spacial score (nSPS) is 11.8. The minimum atomic E-state index is -0.442. The fourth-order valence-electron chi connectivity index (χ4n) is 3.21. The predicted molar refractivity (Wildman–Crippen MR) is 130 cm³/mol. The number of carbonyl (C=O) groups is 2. The van der Waals surface area contributed by atoms with Gasteiger partial charge in [0.15, 0.2) is 17.1 Å². The van der Waals surface area contributed by atoms with Crippen LogP contribution in [0.3, 0.4) is 0 Å². The summed E-state index contributed by atoms with van der Waals surface area (Å²) >= 11 is 2.63. The van der Waals surface area contributed by atoms with Crippen molar-refractivity contribution in [3.63, 3.8) is 0 Å². The lowest BCUT2D eigenvalue weighted by atomic mass is 10.2. The van der Waals surface area contributed by atoms with E-state index in [0.29, 0.717) is 28.1 Å². The van der Waals surface area contributed by atoms with Gasteiger partial charge in [0.05, 0.1) is 17.9 Å². The van der Waals surface area contributed by atoms with Crippen molar-refractivity contribution < 1.29 is 19.1 Å². The van der Waals surface area contributed by atoms with E-state index < -0.39 is 5.97 Å². The van der Waals surface area contributed by atoms with Crippen LogP contribution in [-0.2, 0) is 16.1 Å². The Morgan fingerprint density at radius 3 is 2.70 bits per heavy atom. The Hall–Kier alpha value is -2.85. The van der Waals surface area contributed by atoms with Gasteiger partial charge >= 0.3 is 5.97 Å². The van der Waals surface area contributed by atoms with Crippen LogP contribution in [0.15, 0.2) is 35.5 Å². The van der Waals surface area contributed by atoms with Crippen LogP contribution in [0.5, 0.6) is 5.75 Å². The van der Waals surface area contributed by atoms with Gasteiger partial charge in [-0.3, -0.25) is 4.79 Å². The van der Waals surface area contributed by atoms with Crippen molar-refractivity contribution >= 4 is 40.0 Å². The van der Waals surface area contributed by atoms with Crippen LogP contribution in [0.2, 0.25) is 0 Å². The summed E-state index contributed by atoms with van der Waals surface area (Å²) < 4.78 is 13.1. The van der Waals surface area contributed by atoms with Crippen LogP contribution in [0.4, 0.5) is 5.00 Å². The van der Waals surface area contributed by atoms with E-state index in [1.807, 2.05) is 56.5 Å². The second kappa shape index (κ2) is 11.3. The van der Waals surface area contributed by atoms with Crippen LogP contribution in [0, 0.1) is 13.8 Å². The molecule has 0 aliphatic carbocycles. The van der Waals surface area contributed by atoms with Crippen LogP contribution < -0.4 is 10.1 Å². The Morgan fingerprint density at radius 1 is 1.21 bits per heavy atom. The Balaban J connectivity index is 1.64. The third kappa shape index (κ3) is 6.35. The van der Waals surface area contributed by atoms with Gasteiger partial charge in [-0.25, -0.2) is 4.79 Å². The smallest absolute Gasteiger partial charge is 0.341 e. The Morgan fingerprint density at radius 2 is 2.00 bits per heavy atom. The largest absolute Gasteiger partial charge is 0.483 e. The van der Waals surface area contributed by atoms with Crippen LogP contribution in [-0.4, -0.2) is 39.0 Å². The van der Waals surface area contributed by atoms with Gasteiger partial charge < -0.3 is 19.4 Å². The minimum absolute atomic E-state index is 0.129. The number of thiophene rings is 1. The van der Waals surface area contributed by atoms with Gasteiger partial charge in [0.2, 0.25) is 5.91 Å². The van der Waals surface area contributed by atoms with Crippen LogP contribution in [0.25, 0.3) is 0 Å². The summed E-state index contributed by atoms with van der Waals surface area (Å²) in [6.07, 6.45) is -0.302. The summed E-state index contributed by atoms with van der Waals surface area (Å²) in [4.78, 5) is 25.6. The van der Waals surface area contributed by atoms with E-state index in [-0.39, 0.29) is 24.4 Å². The number of nitrogens with one attached hydrogen (secondary N) is 1. The van der Waals surface area contributed by atoms with E-state index in [1.54, 1.807) is 13.0 Å². The zero-order chi connectivity index (χ0) is 24.0. The van der Waals surface area contributed by atoms with E-state index in [4.69, 9.17) is 9.47 Å². The molecule has 0 bridgehead atoms. The number of hydrogen-bond acceptors (Lipinski definition) is 8. The average Bonchev–Trinajstić information content (AvgIpc) is 3.35. The van der Waals surface area contributed by atoms with Gasteiger partial charge in [-0.1, -0.05) is 23.9 Å². The number of thioether (sulfide) groups is 1. The Bertz CT molecular complexity index is 1130. The van der Waals surface area contributed by atoms with Crippen molar-refractivity contribution in [1.82, 2.24) is 14.8 Å². The quantitative estimate of drug-likeness (QED) is 0.316. The molecule has 33 heavy (non-hydrogen) atoms. The summed E-state index contributed by atoms with van der Waals surface area (Å²) in [5.74, 6) is 0.919. The number of carbonyl (C=O) groups excluding carboxylic acids is 2. The number of rotatable bonds is 10. The second-order valence-corrected chi connectivity index (χ2v) is 9.52. The molecule has 0 fully saturated rings. The molecule has 0 aliphatic rings. The number of anilines is 1. The molecule has 2 heterocycles. The SMILES string of the molecule is CCOC(=O)c1cc(C)sc1NC(=O)CSc1nnc(C(C)Oc2cccc(C)c2)n1CC. The molecule has 3 rings (SSSR count). The molecule has 1 unspecified atom stereocenters. The lowest BCUT2D eigenvalue weighted by Crippen LogP contribution is -2.16. The minimum Gasteiger partial charge on any atom is -0.483 e. The standard InChI is InChI=1S/C23H28N4O4S2/c1-6-27-20(16(5)31-17-10-8-9-14(3)11-17)25-26-23(27)32-13-19(28)24-21-18(12-15(4)33-21)22(29)30-7-2/h8-12,16H,6-7,13H2,1-5H3,(H,24,28). The summed E-state index contributed by atoms with van der Waals surface area (Å²) in [7, 11) is 0. The molecule has 0 saturated carbocycles. The summed E-state index contributed by atoms with van der Waals surface area (Å²) in [5.41, 5.74) is 1.49. The monoisotopic (exact) mass is 488 g/mol. The molecule has 8 nitrogen and oxygen atoms in total. The maximum absolute atomic E-state index is 12.6. The topological polar surface area (TPSA) is 95.3 Å². The third-order valence-corrected chi connectivity index (χ3v) is 6.60. The summed E-state index contributed by atoms with van der Waals surface area (Å²) in [6.45, 7) is 10.5.